The summed E-state index contributed by atoms with van der Waals surface area (Å²) in [5.74, 6) is 2.17. The van der Waals surface area contributed by atoms with Crippen LogP contribution in [0.5, 0.6) is 0 Å². The maximum Gasteiger partial charge on any atom is 0.122 e. The van der Waals surface area contributed by atoms with Crippen LogP contribution in [0.2, 0.25) is 0 Å². The smallest absolute Gasteiger partial charge is 0.122 e. The molecule has 2 fully saturated rings. The molecular weight excluding hydrogens is 304 g/mol. The molecule has 2 aromatic rings. The zero-order valence-corrected chi connectivity index (χ0v) is 14.4. The Hall–Kier alpha value is -1.63. The van der Waals surface area contributed by atoms with Crippen molar-refractivity contribution in [2.45, 2.75) is 19.5 Å². The fourth-order valence-electron chi connectivity index (χ4n) is 4.00. The molecule has 1 atom stereocenters. The van der Waals surface area contributed by atoms with Crippen LogP contribution >= 0.6 is 0 Å². The lowest BCUT2D eigenvalue weighted by atomic mass is 9.87. The number of hydrogen-bond acceptors (Lipinski definition) is 5. The molecule has 0 aliphatic carbocycles. The molecule has 0 unspecified atom stereocenters. The molecule has 0 saturated carbocycles. The fourth-order valence-corrected chi connectivity index (χ4v) is 4.00. The van der Waals surface area contributed by atoms with Gasteiger partial charge in [-0.25, -0.2) is 4.98 Å². The lowest BCUT2D eigenvalue weighted by molar-refractivity contribution is 0.0700. The number of nitrogens with zero attached hydrogens (tertiary/aromatic N) is 4. The molecule has 6 nitrogen and oxygen atoms in total. The van der Waals surface area contributed by atoms with Gasteiger partial charge in [-0.15, -0.1) is 0 Å². The summed E-state index contributed by atoms with van der Waals surface area (Å²) in [4.78, 5) is 9.48. The van der Waals surface area contributed by atoms with Crippen molar-refractivity contribution in [3.8, 4) is 0 Å². The minimum Gasteiger partial charge on any atom is -0.468 e. The number of imidazole rings is 1. The second kappa shape index (κ2) is 6.70. The molecule has 2 aromatic heterocycles. The summed E-state index contributed by atoms with van der Waals surface area (Å²) in [6.45, 7) is 7.70. The zero-order chi connectivity index (χ0) is 16.4. The molecule has 0 aromatic carbocycles. The highest BCUT2D eigenvalue weighted by molar-refractivity contribution is 5.01. The standard InChI is InChI=1S/C18H26N4O2/c1-20-7-5-19-17(20)12-22-8-10-23-15-18(14-22)4-6-21(13-18)11-16-3-2-9-24-16/h2-3,5,7,9H,4,6,8,10-15H2,1H3/t18-/m0/s1. The molecule has 130 valence electrons. The molecule has 4 rings (SSSR count). The van der Waals surface area contributed by atoms with Crippen LogP contribution in [0.4, 0.5) is 0 Å². The van der Waals surface area contributed by atoms with E-state index in [0.717, 1.165) is 64.1 Å². The van der Waals surface area contributed by atoms with Crippen LogP contribution in [-0.2, 0) is 24.9 Å². The highest BCUT2D eigenvalue weighted by atomic mass is 16.5. The Balaban J connectivity index is 1.41. The van der Waals surface area contributed by atoms with Crippen molar-refractivity contribution >= 4 is 0 Å². The van der Waals surface area contributed by atoms with E-state index in [1.165, 1.54) is 6.42 Å². The third-order valence-electron chi connectivity index (χ3n) is 5.28. The van der Waals surface area contributed by atoms with Crippen LogP contribution in [-0.4, -0.2) is 58.7 Å². The Kier molecular flexibility index (Phi) is 4.43. The number of rotatable bonds is 4. The van der Waals surface area contributed by atoms with Crippen molar-refractivity contribution in [3.63, 3.8) is 0 Å². The monoisotopic (exact) mass is 330 g/mol. The lowest BCUT2D eigenvalue weighted by Gasteiger charge is -2.31. The first kappa shape index (κ1) is 15.9. The molecule has 4 heterocycles. The summed E-state index contributed by atoms with van der Waals surface area (Å²) in [7, 11) is 2.06. The van der Waals surface area contributed by atoms with E-state index in [9.17, 15) is 0 Å². The number of ether oxygens (including phenoxy) is 1. The molecule has 2 aliphatic heterocycles. The first-order chi connectivity index (χ1) is 11.7. The molecule has 2 aliphatic rings. The predicted octanol–water partition coefficient (Wildman–Crippen LogP) is 1.74. The third kappa shape index (κ3) is 3.41. The van der Waals surface area contributed by atoms with Gasteiger partial charge in [0.05, 0.1) is 32.6 Å². The van der Waals surface area contributed by atoms with Crippen molar-refractivity contribution in [1.82, 2.24) is 19.4 Å². The molecule has 0 N–H and O–H groups in total. The van der Waals surface area contributed by atoms with E-state index in [1.807, 2.05) is 18.5 Å². The Morgan fingerprint density at radius 2 is 2.08 bits per heavy atom. The third-order valence-corrected chi connectivity index (χ3v) is 5.28. The van der Waals surface area contributed by atoms with Crippen molar-refractivity contribution in [1.29, 1.82) is 0 Å². The lowest BCUT2D eigenvalue weighted by Crippen LogP contribution is -2.40. The normalized spacial score (nSPS) is 26.2. The molecule has 2 saturated heterocycles. The molecule has 0 bridgehead atoms. The van der Waals surface area contributed by atoms with Gasteiger partial charge in [-0.3, -0.25) is 9.80 Å². The fraction of sp³-hybridized carbons (Fsp3) is 0.611. The van der Waals surface area contributed by atoms with E-state index < -0.39 is 0 Å². The minimum atomic E-state index is 0.230. The van der Waals surface area contributed by atoms with Gasteiger partial charge in [0.25, 0.3) is 0 Å². The van der Waals surface area contributed by atoms with Gasteiger partial charge in [0.1, 0.15) is 11.6 Å². The molecule has 0 amide bonds. The second-order valence-electron chi connectivity index (χ2n) is 7.26. The van der Waals surface area contributed by atoms with Crippen molar-refractivity contribution in [3.05, 3.63) is 42.4 Å². The van der Waals surface area contributed by atoms with E-state index in [2.05, 4.69) is 32.5 Å². The van der Waals surface area contributed by atoms with Crippen LogP contribution < -0.4 is 0 Å². The topological polar surface area (TPSA) is 46.7 Å². The minimum absolute atomic E-state index is 0.230. The van der Waals surface area contributed by atoms with Crippen LogP contribution in [0, 0.1) is 5.41 Å². The molecule has 0 radical (unpaired) electrons. The Morgan fingerprint density at radius 1 is 1.21 bits per heavy atom. The quantitative estimate of drug-likeness (QED) is 0.854. The summed E-state index contributed by atoms with van der Waals surface area (Å²) in [5, 5.41) is 0. The van der Waals surface area contributed by atoms with Gasteiger partial charge in [-0.05, 0) is 25.1 Å². The van der Waals surface area contributed by atoms with Gasteiger partial charge in [0, 0.05) is 44.5 Å². The van der Waals surface area contributed by atoms with Crippen molar-refractivity contribution < 1.29 is 9.15 Å². The number of aromatic nitrogens is 2. The highest BCUT2D eigenvalue weighted by Gasteiger charge is 2.41. The number of likely N-dealkylation sites (tertiary alicyclic amines) is 1. The predicted molar refractivity (Wildman–Crippen MR) is 90.3 cm³/mol. The van der Waals surface area contributed by atoms with Gasteiger partial charge < -0.3 is 13.7 Å². The van der Waals surface area contributed by atoms with Gasteiger partial charge >= 0.3 is 0 Å². The van der Waals surface area contributed by atoms with E-state index >= 15 is 0 Å². The average molecular weight is 330 g/mol. The molecule has 6 heteroatoms. The van der Waals surface area contributed by atoms with E-state index in [4.69, 9.17) is 9.15 Å². The van der Waals surface area contributed by atoms with Crippen LogP contribution in [0.25, 0.3) is 0 Å². The van der Waals surface area contributed by atoms with Crippen molar-refractivity contribution in [2.24, 2.45) is 12.5 Å². The summed E-state index contributed by atoms with van der Waals surface area (Å²) in [6.07, 6.45) is 6.83. The van der Waals surface area contributed by atoms with Crippen molar-refractivity contribution in [2.75, 3.05) is 39.4 Å². The molecule has 1 spiro atoms. The molecular formula is C18H26N4O2. The number of furan rings is 1. The van der Waals surface area contributed by atoms with Crippen LogP contribution in [0.15, 0.2) is 35.2 Å². The Labute approximate surface area is 143 Å². The van der Waals surface area contributed by atoms with E-state index in [1.54, 1.807) is 6.26 Å². The van der Waals surface area contributed by atoms with Gasteiger partial charge in [0.2, 0.25) is 0 Å². The summed E-state index contributed by atoms with van der Waals surface area (Å²) >= 11 is 0. The second-order valence-corrected chi connectivity index (χ2v) is 7.26. The Morgan fingerprint density at radius 3 is 2.83 bits per heavy atom. The first-order valence-corrected chi connectivity index (χ1v) is 8.74. The summed E-state index contributed by atoms with van der Waals surface area (Å²) < 4.78 is 13.6. The van der Waals surface area contributed by atoms with Gasteiger partial charge in [0.15, 0.2) is 0 Å². The molecule has 24 heavy (non-hydrogen) atoms. The largest absolute Gasteiger partial charge is 0.468 e. The van der Waals surface area contributed by atoms with Gasteiger partial charge in [-0.2, -0.15) is 0 Å². The maximum atomic E-state index is 5.98. The first-order valence-electron chi connectivity index (χ1n) is 8.74. The SMILES string of the molecule is Cn1ccnc1CN1CCOC[C@]2(CCN(Cc3ccco3)C2)C1. The van der Waals surface area contributed by atoms with E-state index in [0.29, 0.717) is 0 Å². The maximum absolute atomic E-state index is 5.98. The summed E-state index contributed by atoms with van der Waals surface area (Å²) in [6, 6.07) is 4.02. The summed E-state index contributed by atoms with van der Waals surface area (Å²) in [5.41, 5.74) is 0.230. The van der Waals surface area contributed by atoms with Gasteiger partial charge in [-0.1, -0.05) is 0 Å². The highest BCUT2D eigenvalue weighted by Crippen LogP contribution is 2.34. The Bertz CT molecular complexity index is 654. The van der Waals surface area contributed by atoms with Crippen LogP contribution in [0.1, 0.15) is 18.0 Å². The average Bonchev–Trinajstić information content (AvgIpc) is 3.26. The number of hydrogen-bond donors (Lipinski definition) is 0. The zero-order valence-electron chi connectivity index (χ0n) is 14.4. The van der Waals surface area contributed by atoms with Crippen LogP contribution in [0.3, 0.4) is 0 Å². The number of aryl methyl sites for hydroxylation is 1. The van der Waals surface area contributed by atoms with E-state index in [-0.39, 0.29) is 5.41 Å².